The molecule has 1 aromatic carbocycles. The van der Waals surface area contributed by atoms with Crippen LogP contribution in [0.3, 0.4) is 0 Å². The van der Waals surface area contributed by atoms with Gasteiger partial charge in [-0.05, 0) is 23.6 Å². The van der Waals surface area contributed by atoms with E-state index < -0.39 is 5.97 Å². The number of esters is 1. The van der Waals surface area contributed by atoms with E-state index in [2.05, 4.69) is 5.16 Å². The lowest BCUT2D eigenvalue weighted by atomic mass is 10.3. The second-order valence-electron chi connectivity index (χ2n) is 4.54. The fraction of sp³-hybridized carbons (Fsp3) is 0.125. The van der Waals surface area contributed by atoms with E-state index in [1.165, 1.54) is 0 Å². The van der Waals surface area contributed by atoms with Gasteiger partial charge < -0.3 is 14.0 Å². The highest BCUT2D eigenvalue weighted by Gasteiger charge is 2.11. The zero-order valence-electron chi connectivity index (χ0n) is 11.9. The molecular weight excluding hydrogens is 338 g/mol. The number of ether oxygens (including phenoxy) is 2. The lowest BCUT2D eigenvalue weighted by Crippen LogP contribution is -2.14. The number of rotatable bonds is 6. The predicted octanol–water partition coefficient (Wildman–Crippen LogP) is 4.18. The van der Waals surface area contributed by atoms with Crippen LogP contribution >= 0.6 is 22.9 Å². The van der Waals surface area contributed by atoms with Crippen LogP contribution in [0.15, 0.2) is 52.4 Å². The Hall–Kier alpha value is -2.31. The van der Waals surface area contributed by atoms with Gasteiger partial charge in [-0.1, -0.05) is 35.0 Å². The Balaban J connectivity index is 1.49. The summed E-state index contributed by atoms with van der Waals surface area (Å²) in [4.78, 5) is 12.7. The fourth-order valence-corrected chi connectivity index (χ4v) is 2.67. The number of nitrogens with zero attached hydrogens (tertiary/aromatic N) is 1. The summed E-state index contributed by atoms with van der Waals surface area (Å²) in [6.45, 7) is -0.195. The van der Waals surface area contributed by atoms with Gasteiger partial charge in [0, 0.05) is 6.07 Å². The van der Waals surface area contributed by atoms with Crippen LogP contribution in [-0.4, -0.2) is 17.7 Å². The Kier molecular flexibility index (Phi) is 4.95. The van der Waals surface area contributed by atoms with Crippen LogP contribution in [-0.2, 0) is 16.1 Å². The number of carbonyl (C=O) groups is 1. The number of carbonyl (C=O) groups excluding carboxylic acids is 1. The molecule has 0 fully saturated rings. The molecule has 0 spiro atoms. The van der Waals surface area contributed by atoms with Crippen molar-refractivity contribution in [1.82, 2.24) is 5.16 Å². The Morgan fingerprint density at radius 3 is 2.91 bits per heavy atom. The maximum Gasteiger partial charge on any atom is 0.344 e. The van der Waals surface area contributed by atoms with Crippen molar-refractivity contribution in [3.8, 4) is 16.4 Å². The van der Waals surface area contributed by atoms with E-state index in [4.69, 9.17) is 25.6 Å². The minimum atomic E-state index is -0.509. The summed E-state index contributed by atoms with van der Waals surface area (Å²) in [6.07, 6.45) is 0. The largest absolute Gasteiger partial charge is 0.480 e. The van der Waals surface area contributed by atoms with Crippen LogP contribution in [0.5, 0.6) is 5.75 Å². The van der Waals surface area contributed by atoms with Crippen LogP contribution in [0.25, 0.3) is 10.6 Å². The summed E-state index contributed by atoms with van der Waals surface area (Å²) < 4.78 is 15.6. The maximum atomic E-state index is 11.7. The standard InChI is InChI=1S/C16H12ClNO4S/c17-12-4-1-2-5-13(12)20-10-16(19)21-9-11-8-14(22-18-11)15-6-3-7-23-15/h1-8H,9-10H2. The lowest BCUT2D eigenvalue weighted by Gasteiger charge is -2.07. The van der Waals surface area contributed by atoms with Gasteiger partial charge >= 0.3 is 5.97 Å². The van der Waals surface area contributed by atoms with Crippen molar-refractivity contribution in [1.29, 1.82) is 0 Å². The van der Waals surface area contributed by atoms with Gasteiger partial charge in [0.2, 0.25) is 0 Å². The molecular formula is C16H12ClNO4S. The molecule has 3 aromatic rings. The van der Waals surface area contributed by atoms with Gasteiger partial charge in [0.25, 0.3) is 0 Å². The van der Waals surface area contributed by atoms with Gasteiger partial charge in [0.1, 0.15) is 18.1 Å². The number of thiophene rings is 1. The summed E-state index contributed by atoms with van der Waals surface area (Å²) in [5.41, 5.74) is 0.541. The first-order valence-corrected chi connectivity index (χ1v) is 8.00. The Morgan fingerprint density at radius 1 is 1.26 bits per heavy atom. The first-order valence-electron chi connectivity index (χ1n) is 6.75. The van der Waals surface area contributed by atoms with E-state index in [0.717, 1.165) is 4.88 Å². The quantitative estimate of drug-likeness (QED) is 0.625. The van der Waals surface area contributed by atoms with Crippen LogP contribution in [0.4, 0.5) is 0 Å². The molecule has 0 radical (unpaired) electrons. The van der Waals surface area contributed by atoms with Crippen molar-refractivity contribution in [3.05, 3.63) is 58.6 Å². The first kappa shape index (κ1) is 15.6. The summed E-state index contributed by atoms with van der Waals surface area (Å²) in [5.74, 6) is 0.580. The highest BCUT2D eigenvalue weighted by atomic mass is 35.5. The summed E-state index contributed by atoms with van der Waals surface area (Å²) in [7, 11) is 0. The molecule has 0 unspecified atom stereocenters. The highest BCUT2D eigenvalue weighted by Crippen LogP contribution is 2.25. The molecule has 0 aliphatic rings. The Bertz CT molecular complexity index is 785. The molecule has 2 heterocycles. The summed E-state index contributed by atoms with van der Waals surface area (Å²) in [5, 5.41) is 6.26. The molecule has 23 heavy (non-hydrogen) atoms. The predicted molar refractivity (Wildman–Crippen MR) is 86.6 cm³/mol. The normalized spacial score (nSPS) is 10.5. The van der Waals surface area contributed by atoms with Crippen LogP contribution in [0.1, 0.15) is 5.69 Å². The van der Waals surface area contributed by atoms with Crippen LogP contribution in [0.2, 0.25) is 5.02 Å². The summed E-state index contributed by atoms with van der Waals surface area (Å²) in [6, 6.07) is 12.5. The number of para-hydroxylation sites is 1. The van der Waals surface area contributed by atoms with Crippen molar-refractivity contribution in [3.63, 3.8) is 0 Å². The average Bonchev–Trinajstić information content (AvgIpc) is 3.23. The number of hydrogen-bond acceptors (Lipinski definition) is 6. The molecule has 0 N–H and O–H groups in total. The van der Waals surface area contributed by atoms with Crippen LogP contribution < -0.4 is 4.74 Å². The molecule has 0 aliphatic heterocycles. The van der Waals surface area contributed by atoms with Crippen LogP contribution in [0, 0.1) is 0 Å². The number of halogens is 1. The number of hydrogen-bond donors (Lipinski definition) is 0. The van der Waals surface area contributed by atoms with E-state index in [1.54, 1.807) is 41.7 Å². The maximum absolute atomic E-state index is 11.7. The minimum absolute atomic E-state index is 0.0274. The van der Waals surface area contributed by atoms with E-state index in [9.17, 15) is 4.79 Å². The number of benzene rings is 1. The molecule has 3 rings (SSSR count). The minimum Gasteiger partial charge on any atom is -0.480 e. The molecule has 0 bridgehead atoms. The van der Waals surface area contributed by atoms with Gasteiger partial charge in [-0.15, -0.1) is 11.3 Å². The molecule has 5 nitrogen and oxygen atoms in total. The zero-order valence-corrected chi connectivity index (χ0v) is 13.5. The van der Waals surface area contributed by atoms with Gasteiger partial charge in [0.15, 0.2) is 12.4 Å². The molecule has 0 saturated carbocycles. The third kappa shape index (κ3) is 4.12. The third-order valence-electron chi connectivity index (χ3n) is 2.89. The van der Waals surface area contributed by atoms with E-state index >= 15 is 0 Å². The van der Waals surface area contributed by atoms with E-state index in [-0.39, 0.29) is 13.2 Å². The first-order chi connectivity index (χ1) is 11.2. The van der Waals surface area contributed by atoms with Gasteiger partial charge in [0.05, 0.1) is 9.90 Å². The topological polar surface area (TPSA) is 61.6 Å². The third-order valence-corrected chi connectivity index (χ3v) is 4.08. The van der Waals surface area contributed by atoms with Gasteiger partial charge in [-0.3, -0.25) is 0 Å². The molecule has 0 amide bonds. The zero-order chi connectivity index (χ0) is 16.1. The lowest BCUT2D eigenvalue weighted by molar-refractivity contribution is -0.147. The second-order valence-corrected chi connectivity index (χ2v) is 5.89. The van der Waals surface area contributed by atoms with Crippen molar-refractivity contribution in [2.24, 2.45) is 0 Å². The fourth-order valence-electron chi connectivity index (χ4n) is 1.81. The van der Waals surface area contributed by atoms with Gasteiger partial charge in [-0.25, -0.2) is 4.79 Å². The number of aromatic nitrogens is 1. The Labute approximate surface area is 141 Å². The second kappa shape index (κ2) is 7.30. The van der Waals surface area contributed by atoms with Crippen molar-refractivity contribution < 1.29 is 18.8 Å². The van der Waals surface area contributed by atoms with Crippen molar-refractivity contribution in [2.45, 2.75) is 6.61 Å². The monoisotopic (exact) mass is 349 g/mol. The summed E-state index contributed by atoms with van der Waals surface area (Å²) >= 11 is 7.48. The van der Waals surface area contributed by atoms with Crippen molar-refractivity contribution in [2.75, 3.05) is 6.61 Å². The average molecular weight is 350 g/mol. The van der Waals surface area contributed by atoms with E-state index in [0.29, 0.717) is 22.2 Å². The molecule has 118 valence electrons. The molecule has 7 heteroatoms. The molecule has 0 aliphatic carbocycles. The molecule has 0 saturated heterocycles. The van der Waals surface area contributed by atoms with Crippen molar-refractivity contribution >= 4 is 28.9 Å². The molecule has 2 aromatic heterocycles. The van der Waals surface area contributed by atoms with Gasteiger partial charge in [-0.2, -0.15) is 0 Å². The molecule has 0 atom stereocenters. The highest BCUT2D eigenvalue weighted by molar-refractivity contribution is 7.13. The SMILES string of the molecule is O=C(COc1ccccc1Cl)OCc1cc(-c2cccs2)on1. The van der Waals surface area contributed by atoms with E-state index in [1.807, 2.05) is 17.5 Å². The Morgan fingerprint density at radius 2 is 2.13 bits per heavy atom. The smallest absolute Gasteiger partial charge is 0.344 e.